The first kappa shape index (κ1) is 16.4. The lowest BCUT2D eigenvalue weighted by molar-refractivity contribution is -0.126. The number of halogens is 1. The van der Waals surface area contributed by atoms with Crippen LogP contribution in [0.2, 0.25) is 5.02 Å². The summed E-state index contributed by atoms with van der Waals surface area (Å²) in [4.78, 5) is 12.5. The molecule has 134 valence electrons. The first-order valence-corrected chi connectivity index (χ1v) is 10.5. The molecule has 0 spiro atoms. The number of nitrogens with one attached hydrogen (secondary N) is 1. The zero-order chi connectivity index (χ0) is 17.7. The van der Waals surface area contributed by atoms with Gasteiger partial charge in [0.1, 0.15) is 11.9 Å². The molecule has 2 bridgehead atoms. The lowest BCUT2D eigenvalue weighted by atomic mass is 9.93. The van der Waals surface area contributed by atoms with Crippen LogP contribution in [0.4, 0.5) is 0 Å². The Morgan fingerprint density at radius 3 is 2.92 bits per heavy atom. The third-order valence-electron chi connectivity index (χ3n) is 5.83. The second-order valence-electron chi connectivity index (χ2n) is 7.53. The van der Waals surface area contributed by atoms with Gasteiger partial charge in [-0.15, -0.1) is 0 Å². The highest BCUT2D eigenvalue weighted by Gasteiger charge is 2.40. The van der Waals surface area contributed by atoms with Gasteiger partial charge in [-0.2, -0.15) is 11.3 Å². The monoisotopic (exact) mass is 385 g/mol. The van der Waals surface area contributed by atoms with E-state index < -0.39 is 0 Å². The highest BCUT2D eigenvalue weighted by molar-refractivity contribution is 7.08. The standard InChI is InChI=1S/C21H20ClNO2S/c22-19-9-15(14-3-4-26-11-14)7-16-8-17(25-20(16)19)10-23-21(24)18-6-12-1-2-13(18)5-12/h1-4,7,9,11-13,17-18H,5-6,8,10H2,(H,23,24)/t12-,13+,17+,18-/m1/s1. The molecule has 0 saturated heterocycles. The van der Waals surface area contributed by atoms with Gasteiger partial charge in [0.25, 0.3) is 0 Å². The summed E-state index contributed by atoms with van der Waals surface area (Å²) >= 11 is 8.13. The lowest BCUT2D eigenvalue weighted by Gasteiger charge is -2.19. The molecule has 0 unspecified atom stereocenters. The van der Waals surface area contributed by atoms with Crippen molar-refractivity contribution >= 4 is 28.8 Å². The molecule has 5 rings (SSSR count). The Hall–Kier alpha value is -1.78. The molecule has 1 N–H and O–H groups in total. The van der Waals surface area contributed by atoms with Gasteiger partial charge < -0.3 is 10.1 Å². The third kappa shape index (κ3) is 2.85. The maximum Gasteiger partial charge on any atom is 0.223 e. The average molecular weight is 386 g/mol. The van der Waals surface area contributed by atoms with E-state index in [0.29, 0.717) is 23.4 Å². The van der Waals surface area contributed by atoms with Gasteiger partial charge in [0.15, 0.2) is 0 Å². The number of ether oxygens (including phenoxy) is 1. The Morgan fingerprint density at radius 2 is 2.19 bits per heavy atom. The van der Waals surface area contributed by atoms with Gasteiger partial charge in [-0.05, 0) is 64.8 Å². The van der Waals surface area contributed by atoms with Crippen LogP contribution in [0.15, 0.2) is 41.1 Å². The predicted octanol–water partition coefficient (Wildman–Crippen LogP) is 4.70. The molecule has 1 saturated carbocycles. The number of fused-ring (bicyclic) bond motifs is 3. The van der Waals surface area contributed by atoms with E-state index in [-0.39, 0.29) is 17.9 Å². The Bertz CT molecular complexity index is 876. The van der Waals surface area contributed by atoms with Crippen molar-refractivity contribution in [1.29, 1.82) is 0 Å². The number of benzene rings is 1. The number of allylic oxidation sites excluding steroid dienone is 2. The van der Waals surface area contributed by atoms with Crippen LogP contribution in [-0.2, 0) is 11.2 Å². The summed E-state index contributed by atoms with van der Waals surface area (Å²) in [5, 5.41) is 7.94. The molecule has 2 aromatic rings. The summed E-state index contributed by atoms with van der Waals surface area (Å²) in [7, 11) is 0. The van der Waals surface area contributed by atoms with Crippen molar-refractivity contribution < 1.29 is 9.53 Å². The van der Waals surface area contributed by atoms with E-state index in [1.54, 1.807) is 11.3 Å². The molecule has 4 atom stereocenters. The van der Waals surface area contributed by atoms with Crippen LogP contribution in [0.5, 0.6) is 5.75 Å². The number of rotatable bonds is 4. The number of amides is 1. The third-order valence-corrected chi connectivity index (χ3v) is 6.79. The van der Waals surface area contributed by atoms with Gasteiger partial charge in [-0.25, -0.2) is 0 Å². The molecule has 1 fully saturated rings. The highest BCUT2D eigenvalue weighted by Crippen LogP contribution is 2.43. The van der Waals surface area contributed by atoms with E-state index in [9.17, 15) is 4.79 Å². The van der Waals surface area contributed by atoms with Crippen LogP contribution in [0.25, 0.3) is 11.1 Å². The Kier molecular flexibility index (Phi) is 4.06. The highest BCUT2D eigenvalue weighted by atomic mass is 35.5. The molecule has 1 aliphatic heterocycles. The van der Waals surface area contributed by atoms with Crippen LogP contribution >= 0.6 is 22.9 Å². The summed E-state index contributed by atoms with van der Waals surface area (Å²) in [6.07, 6.45) is 7.35. The quantitative estimate of drug-likeness (QED) is 0.774. The van der Waals surface area contributed by atoms with Gasteiger partial charge >= 0.3 is 0 Å². The number of carbonyl (C=O) groups excluding carboxylic acids is 1. The Labute approximate surface area is 162 Å². The molecule has 26 heavy (non-hydrogen) atoms. The van der Waals surface area contributed by atoms with Crippen molar-refractivity contribution in [3.05, 3.63) is 51.7 Å². The SMILES string of the molecule is O=C(NC[C@@H]1Cc2cc(-c3ccsc3)cc(Cl)c2O1)[C@@H]1C[C@@H]2C=C[C@H]1C2. The average Bonchev–Trinajstić information content (AvgIpc) is 3.43. The first-order valence-electron chi connectivity index (χ1n) is 9.15. The zero-order valence-corrected chi connectivity index (χ0v) is 15.9. The van der Waals surface area contributed by atoms with Crippen LogP contribution in [-0.4, -0.2) is 18.6 Å². The summed E-state index contributed by atoms with van der Waals surface area (Å²) in [5.41, 5.74) is 3.43. The second kappa shape index (κ2) is 6.43. The van der Waals surface area contributed by atoms with E-state index in [1.165, 1.54) is 5.56 Å². The predicted molar refractivity (Wildman–Crippen MR) is 105 cm³/mol. The number of thiophene rings is 1. The molecular weight excluding hydrogens is 366 g/mol. The number of carbonyl (C=O) groups is 1. The van der Waals surface area contributed by atoms with Crippen LogP contribution in [0.3, 0.4) is 0 Å². The largest absolute Gasteiger partial charge is 0.486 e. The van der Waals surface area contributed by atoms with E-state index in [1.807, 2.05) is 6.07 Å². The molecular formula is C21H20ClNO2S. The molecule has 5 heteroatoms. The molecule has 0 radical (unpaired) electrons. The molecule has 2 aliphatic carbocycles. The minimum atomic E-state index is -0.0432. The summed E-state index contributed by atoms with van der Waals surface area (Å²) in [5.74, 6) is 2.13. The number of hydrogen-bond acceptors (Lipinski definition) is 3. The van der Waals surface area contributed by atoms with E-state index in [4.69, 9.17) is 16.3 Å². The van der Waals surface area contributed by atoms with Crippen molar-refractivity contribution in [2.75, 3.05) is 6.54 Å². The van der Waals surface area contributed by atoms with E-state index in [0.717, 1.165) is 36.1 Å². The van der Waals surface area contributed by atoms with E-state index >= 15 is 0 Å². The summed E-state index contributed by atoms with van der Waals surface area (Å²) < 4.78 is 6.03. The lowest BCUT2D eigenvalue weighted by Crippen LogP contribution is -2.39. The van der Waals surface area contributed by atoms with Crippen molar-refractivity contribution in [3.63, 3.8) is 0 Å². The van der Waals surface area contributed by atoms with Gasteiger partial charge in [-0.3, -0.25) is 4.79 Å². The fourth-order valence-corrected chi connectivity index (χ4v) is 5.47. The van der Waals surface area contributed by atoms with Crippen LogP contribution in [0, 0.1) is 17.8 Å². The zero-order valence-electron chi connectivity index (χ0n) is 14.3. The van der Waals surface area contributed by atoms with E-state index in [2.05, 4.69) is 40.4 Å². The molecule has 3 nitrogen and oxygen atoms in total. The smallest absolute Gasteiger partial charge is 0.223 e. The summed E-state index contributed by atoms with van der Waals surface area (Å²) in [6, 6.07) is 6.22. The Morgan fingerprint density at radius 1 is 1.27 bits per heavy atom. The fourth-order valence-electron chi connectivity index (χ4n) is 4.52. The summed E-state index contributed by atoms with van der Waals surface area (Å²) in [6.45, 7) is 0.537. The van der Waals surface area contributed by atoms with Crippen molar-refractivity contribution in [3.8, 4) is 16.9 Å². The minimum absolute atomic E-state index is 0.0432. The maximum atomic E-state index is 12.5. The van der Waals surface area contributed by atoms with Crippen molar-refractivity contribution in [2.45, 2.75) is 25.4 Å². The van der Waals surface area contributed by atoms with Crippen molar-refractivity contribution in [2.24, 2.45) is 17.8 Å². The molecule has 2 heterocycles. The topological polar surface area (TPSA) is 38.3 Å². The molecule has 1 amide bonds. The van der Waals surface area contributed by atoms with Crippen LogP contribution < -0.4 is 10.1 Å². The van der Waals surface area contributed by atoms with Gasteiger partial charge in [0, 0.05) is 17.9 Å². The second-order valence-corrected chi connectivity index (χ2v) is 8.72. The van der Waals surface area contributed by atoms with Crippen molar-refractivity contribution in [1.82, 2.24) is 5.32 Å². The fraction of sp³-hybridized carbons (Fsp3) is 0.381. The molecule has 1 aromatic heterocycles. The van der Waals surface area contributed by atoms with Crippen LogP contribution in [0.1, 0.15) is 18.4 Å². The Balaban J connectivity index is 1.24. The van der Waals surface area contributed by atoms with Gasteiger partial charge in [0.05, 0.1) is 11.6 Å². The normalized spacial score (nSPS) is 28.2. The number of hydrogen-bond donors (Lipinski definition) is 1. The first-order chi connectivity index (χ1) is 12.7. The van der Waals surface area contributed by atoms with Gasteiger partial charge in [0.2, 0.25) is 5.91 Å². The van der Waals surface area contributed by atoms with Gasteiger partial charge in [-0.1, -0.05) is 23.8 Å². The molecule has 3 aliphatic rings. The maximum absolute atomic E-state index is 12.5. The molecule has 1 aromatic carbocycles. The minimum Gasteiger partial charge on any atom is -0.486 e.